The third-order valence-electron chi connectivity index (χ3n) is 3.62. The second kappa shape index (κ2) is 11.7. The maximum atomic E-state index is 11.8. The molecule has 2 amide bonds. The zero-order valence-corrected chi connectivity index (χ0v) is 17.5. The molecule has 12 nitrogen and oxygen atoms in total. The Morgan fingerprint density at radius 2 is 1.87 bits per heavy atom. The number of nitrogens with two attached hydrogens (primary N) is 1. The van der Waals surface area contributed by atoms with Crippen LogP contribution in [0.1, 0.15) is 18.9 Å². The first-order valence-corrected chi connectivity index (χ1v) is 10.2. The van der Waals surface area contributed by atoms with Crippen molar-refractivity contribution in [3.8, 4) is 0 Å². The largest absolute Gasteiger partial charge is 0.481 e. The molecule has 170 valence electrons. The van der Waals surface area contributed by atoms with Gasteiger partial charge in [0.2, 0.25) is 5.91 Å². The number of esters is 1. The predicted molar refractivity (Wildman–Crippen MR) is 106 cm³/mol. The van der Waals surface area contributed by atoms with Gasteiger partial charge >= 0.3 is 22.2 Å². The first kappa shape index (κ1) is 25.6. The van der Waals surface area contributed by atoms with Gasteiger partial charge in [0, 0.05) is 12.5 Å². The van der Waals surface area contributed by atoms with E-state index >= 15 is 0 Å². The number of benzene rings is 1. The van der Waals surface area contributed by atoms with Crippen molar-refractivity contribution < 1.29 is 41.6 Å². The van der Waals surface area contributed by atoms with Crippen LogP contribution in [0.15, 0.2) is 42.2 Å². The summed E-state index contributed by atoms with van der Waals surface area (Å²) >= 11 is 0. The SMILES string of the molecule is CC1=CC(=O)NS(=O)(=O)O1.COC(=O)[C@@H](Cc1ccccc1)NC(=O)[C@H](N)CC(=O)O. The number of amides is 2. The lowest BCUT2D eigenvalue weighted by atomic mass is 10.1. The average Bonchev–Trinajstić information content (AvgIpc) is 2.65. The molecule has 1 aromatic rings. The maximum absolute atomic E-state index is 11.8. The van der Waals surface area contributed by atoms with E-state index in [9.17, 15) is 27.6 Å². The van der Waals surface area contributed by atoms with E-state index in [0.717, 1.165) is 11.6 Å². The highest BCUT2D eigenvalue weighted by molar-refractivity contribution is 7.85. The van der Waals surface area contributed by atoms with Crippen LogP contribution < -0.4 is 15.8 Å². The molecule has 0 bridgehead atoms. The fourth-order valence-electron chi connectivity index (χ4n) is 2.30. The molecule has 13 heteroatoms. The van der Waals surface area contributed by atoms with Gasteiger partial charge in [0.15, 0.2) is 0 Å². The van der Waals surface area contributed by atoms with Crippen molar-refractivity contribution in [3.63, 3.8) is 0 Å². The summed E-state index contributed by atoms with van der Waals surface area (Å²) in [5.74, 6) is -3.11. The zero-order valence-electron chi connectivity index (χ0n) is 16.7. The van der Waals surface area contributed by atoms with Crippen LogP contribution in [0.25, 0.3) is 0 Å². The summed E-state index contributed by atoms with van der Waals surface area (Å²) in [4.78, 5) is 44.5. The Bertz CT molecular complexity index is 945. The van der Waals surface area contributed by atoms with E-state index in [-0.39, 0.29) is 12.2 Å². The zero-order chi connectivity index (χ0) is 23.6. The molecular formula is C18H23N3O9S. The fraction of sp³-hybridized carbons (Fsp3) is 0.333. The van der Waals surface area contributed by atoms with E-state index in [1.165, 1.54) is 14.0 Å². The summed E-state index contributed by atoms with van der Waals surface area (Å²) in [5, 5.41) is 11.0. The highest BCUT2D eigenvalue weighted by Crippen LogP contribution is 2.06. The van der Waals surface area contributed by atoms with E-state index in [2.05, 4.69) is 14.2 Å². The lowest BCUT2D eigenvalue weighted by molar-refractivity contribution is -0.145. The number of rotatable bonds is 7. The van der Waals surface area contributed by atoms with Crippen LogP contribution in [-0.4, -0.2) is 56.5 Å². The van der Waals surface area contributed by atoms with Gasteiger partial charge < -0.3 is 25.1 Å². The van der Waals surface area contributed by atoms with Gasteiger partial charge in [-0.3, -0.25) is 14.4 Å². The number of methoxy groups -OCH3 is 1. The maximum Gasteiger partial charge on any atom is 0.409 e. The van der Waals surface area contributed by atoms with Crippen molar-refractivity contribution in [2.45, 2.75) is 31.8 Å². The van der Waals surface area contributed by atoms with Gasteiger partial charge in [0.05, 0.1) is 19.6 Å². The quantitative estimate of drug-likeness (QED) is 0.368. The molecule has 0 aromatic heterocycles. The molecule has 2 atom stereocenters. The van der Waals surface area contributed by atoms with Crippen molar-refractivity contribution in [2.24, 2.45) is 5.73 Å². The molecule has 1 aliphatic heterocycles. The summed E-state index contributed by atoms with van der Waals surface area (Å²) in [7, 11) is -2.64. The highest BCUT2D eigenvalue weighted by atomic mass is 32.2. The van der Waals surface area contributed by atoms with E-state index in [1.807, 2.05) is 18.2 Å². The van der Waals surface area contributed by atoms with Gasteiger partial charge in [-0.1, -0.05) is 30.3 Å². The number of ether oxygens (including phenoxy) is 1. The van der Waals surface area contributed by atoms with E-state index in [4.69, 9.17) is 10.8 Å². The van der Waals surface area contributed by atoms with Crippen LogP contribution in [-0.2, 0) is 44.8 Å². The molecular weight excluding hydrogens is 434 g/mol. The summed E-state index contributed by atoms with van der Waals surface area (Å²) in [6.45, 7) is 1.39. The molecule has 5 N–H and O–H groups in total. The Balaban J connectivity index is 0.000000399. The number of allylic oxidation sites excluding steroid dienone is 1. The average molecular weight is 457 g/mol. The second-order valence-corrected chi connectivity index (χ2v) is 7.52. The number of carboxylic acids is 1. The Hall–Kier alpha value is -3.45. The smallest absolute Gasteiger partial charge is 0.409 e. The molecule has 0 radical (unpaired) electrons. The number of carboxylic acid groups (broad SMARTS) is 1. The number of hydrogen-bond donors (Lipinski definition) is 4. The van der Waals surface area contributed by atoms with Crippen molar-refractivity contribution in [2.75, 3.05) is 7.11 Å². The van der Waals surface area contributed by atoms with Gasteiger partial charge in [-0.25, -0.2) is 9.52 Å². The van der Waals surface area contributed by atoms with Crippen LogP contribution in [0.3, 0.4) is 0 Å². The number of carbonyl (C=O) groups excluding carboxylic acids is 3. The standard InChI is InChI=1S/C14H18N2O5.C4H5NO4S/c1-21-14(20)11(7-9-5-3-2-4-6-9)16-13(19)10(15)8-12(17)18;1-3-2-4(6)5-10(7,8)9-3/h2-6,10-11H,7-8,15H2,1H3,(H,16,19)(H,17,18);2H,1H3,(H,5,6)/t10-,11-;/m1./s1. The second-order valence-electron chi connectivity index (χ2n) is 6.24. The minimum atomic E-state index is -3.85. The Labute approximate surface area is 178 Å². The van der Waals surface area contributed by atoms with Gasteiger partial charge in [0.25, 0.3) is 5.91 Å². The fourth-order valence-corrected chi connectivity index (χ4v) is 3.04. The minimum Gasteiger partial charge on any atom is -0.481 e. The van der Waals surface area contributed by atoms with Crippen LogP contribution in [0.5, 0.6) is 0 Å². The molecule has 0 fully saturated rings. The Kier molecular flexibility index (Phi) is 9.63. The van der Waals surface area contributed by atoms with Crippen LogP contribution in [0.4, 0.5) is 0 Å². The number of aliphatic carboxylic acids is 1. The third-order valence-corrected chi connectivity index (χ3v) is 4.55. The number of hydrogen-bond acceptors (Lipinski definition) is 9. The molecule has 2 rings (SSSR count). The van der Waals surface area contributed by atoms with E-state index in [0.29, 0.717) is 0 Å². The normalized spacial score (nSPS) is 16.1. The number of carbonyl (C=O) groups is 4. The minimum absolute atomic E-state index is 0.0729. The van der Waals surface area contributed by atoms with E-state index < -0.39 is 52.6 Å². The molecule has 1 aliphatic rings. The first-order valence-electron chi connectivity index (χ1n) is 8.77. The highest BCUT2D eigenvalue weighted by Gasteiger charge is 2.25. The number of nitrogens with one attached hydrogen (secondary N) is 2. The Morgan fingerprint density at radius 1 is 1.26 bits per heavy atom. The molecule has 0 aliphatic carbocycles. The van der Waals surface area contributed by atoms with Gasteiger partial charge in [-0.05, 0) is 12.5 Å². The van der Waals surface area contributed by atoms with Crippen molar-refractivity contribution in [1.82, 2.24) is 10.0 Å². The molecule has 0 unspecified atom stereocenters. The van der Waals surface area contributed by atoms with Crippen LogP contribution in [0, 0.1) is 0 Å². The molecule has 31 heavy (non-hydrogen) atoms. The van der Waals surface area contributed by atoms with Crippen molar-refractivity contribution in [1.29, 1.82) is 0 Å². The summed E-state index contributed by atoms with van der Waals surface area (Å²) in [6.07, 6.45) is 0.783. The molecule has 0 saturated carbocycles. The van der Waals surface area contributed by atoms with E-state index in [1.54, 1.807) is 16.9 Å². The molecule has 0 spiro atoms. The lowest BCUT2D eigenvalue weighted by Gasteiger charge is -2.18. The van der Waals surface area contributed by atoms with Crippen molar-refractivity contribution >= 4 is 34.1 Å². The Morgan fingerprint density at radius 3 is 2.35 bits per heavy atom. The van der Waals surface area contributed by atoms with Gasteiger partial charge in [0.1, 0.15) is 11.8 Å². The molecule has 0 saturated heterocycles. The lowest BCUT2D eigenvalue weighted by Crippen LogP contribution is -2.50. The molecule has 1 heterocycles. The summed E-state index contributed by atoms with van der Waals surface area (Å²) in [6, 6.07) is 6.93. The monoisotopic (exact) mass is 457 g/mol. The molecule has 1 aromatic carbocycles. The van der Waals surface area contributed by atoms with Crippen LogP contribution >= 0.6 is 0 Å². The van der Waals surface area contributed by atoms with Crippen LogP contribution in [0.2, 0.25) is 0 Å². The van der Waals surface area contributed by atoms with Gasteiger partial charge in [-0.2, -0.15) is 8.42 Å². The topological polar surface area (TPSA) is 191 Å². The first-order chi connectivity index (χ1) is 14.4. The predicted octanol–water partition coefficient (Wildman–Crippen LogP) is -1.03. The summed E-state index contributed by atoms with van der Waals surface area (Å²) < 4.78 is 31.5. The van der Waals surface area contributed by atoms with Crippen molar-refractivity contribution in [3.05, 3.63) is 47.7 Å². The summed E-state index contributed by atoms with van der Waals surface area (Å²) in [5.41, 5.74) is 6.29. The van der Waals surface area contributed by atoms with Gasteiger partial charge in [-0.15, -0.1) is 0 Å². The third kappa shape index (κ3) is 9.73.